The second-order valence-corrected chi connectivity index (χ2v) is 6.79. The number of aliphatic hydroxyl groups excluding tert-OH is 1. The molecule has 0 radical (unpaired) electrons. The average molecular weight is 369 g/mol. The normalized spacial score (nSPS) is 15.4. The van der Waals surface area contributed by atoms with Gasteiger partial charge < -0.3 is 15.5 Å². The van der Waals surface area contributed by atoms with Crippen molar-refractivity contribution in [1.82, 2.24) is 9.88 Å². The molecule has 2 heterocycles. The van der Waals surface area contributed by atoms with E-state index >= 15 is 0 Å². The van der Waals surface area contributed by atoms with E-state index in [1.54, 1.807) is 0 Å². The van der Waals surface area contributed by atoms with Gasteiger partial charge in [-0.1, -0.05) is 12.1 Å². The van der Waals surface area contributed by atoms with Crippen LogP contribution in [0.2, 0.25) is 0 Å². The van der Waals surface area contributed by atoms with Crippen LogP contribution in [0.25, 0.3) is 0 Å². The van der Waals surface area contributed by atoms with Gasteiger partial charge in [0.25, 0.3) is 5.91 Å². The fourth-order valence-electron chi connectivity index (χ4n) is 3.18. The van der Waals surface area contributed by atoms with Crippen LogP contribution < -0.4 is 5.32 Å². The number of carbonyl (C=O) groups is 2. The number of carbonyl (C=O) groups excluding carboxylic acids is 1. The number of likely N-dealkylation sites (tertiary alicyclic amines) is 1. The van der Waals surface area contributed by atoms with Crippen molar-refractivity contribution in [3.8, 4) is 0 Å². The van der Waals surface area contributed by atoms with Crippen molar-refractivity contribution >= 4 is 17.6 Å². The zero-order valence-corrected chi connectivity index (χ0v) is 15.0. The topological polar surface area (TPSA) is 103 Å². The Morgan fingerprint density at radius 2 is 1.96 bits per heavy atom. The molecule has 0 atom stereocenters. The van der Waals surface area contributed by atoms with Crippen LogP contribution in [0.1, 0.15) is 39.3 Å². The van der Waals surface area contributed by atoms with Gasteiger partial charge in [0, 0.05) is 25.0 Å². The molecule has 27 heavy (non-hydrogen) atoms. The molecule has 3 N–H and O–H groups in total. The lowest BCUT2D eigenvalue weighted by Gasteiger charge is -2.31. The number of piperidine rings is 1. The van der Waals surface area contributed by atoms with Crippen molar-refractivity contribution < 1.29 is 19.8 Å². The molecule has 1 aromatic heterocycles. The van der Waals surface area contributed by atoms with Crippen molar-refractivity contribution in [2.24, 2.45) is 5.92 Å². The molecule has 142 valence electrons. The molecule has 0 aliphatic carbocycles. The Morgan fingerprint density at radius 1 is 1.19 bits per heavy atom. The molecule has 0 bridgehead atoms. The van der Waals surface area contributed by atoms with Gasteiger partial charge >= 0.3 is 5.97 Å². The highest BCUT2D eigenvalue weighted by molar-refractivity contribution is 6.03. The first kappa shape index (κ1) is 19.0. The second kappa shape index (κ2) is 8.75. The quantitative estimate of drug-likeness (QED) is 0.722. The van der Waals surface area contributed by atoms with E-state index in [1.165, 1.54) is 18.3 Å². The minimum Gasteiger partial charge on any atom is -0.478 e. The highest BCUT2D eigenvalue weighted by Gasteiger charge is 2.18. The number of aromatic carboxylic acids is 1. The predicted molar refractivity (Wildman–Crippen MR) is 101 cm³/mol. The van der Waals surface area contributed by atoms with Gasteiger partial charge in [0.1, 0.15) is 5.69 Å². The summed E-state index contributed by atoms with van der Waals surface area (Å²) in [5.74, 6) is -1.05. The van der Waals surface area contributed by atoms with E-state index in [4.69, 9.17) is 5.11 Å². The number of benzene rings is 1. The molecule has 1 aliphatic rings. The van der Waals surface area contributed by atoms with Crippen molar-refractivity contribution in [2.45, 2.75) is 19.4 Å². The minimum atomic E-state index is -1.08. The van der Waals surface area contributed by atoms with Crippen LogP contribution in [0.4, 0.5) is 5.69 Å². The van der Waals surface area contributed by atoms with Crippen molar-refractivity contribution in [2.75, 3.05) is 25.0 Å². The van der Waals surface area contributed by atoms with E-state index in [0.717, 1.165) is 38.0 Å². The van der Waals surface area contributed by atoms with Crippen LogP contribution in [0.3, 0.4) is 0 Å². The summed E-state index contributed by atoms with van der Waals surface area (Å²) in [6.07, 6.45) is 3.18. The Balaban J connectivity index is 1.60. The van der Waals surface area contributed by atoms with E-state index in [-0.39, 0.29) is 23.8 Å². The van der Waals surface area contributed by atoms with Crippen LogP contribution in [0.5, 0.6) is 0 Å². The Morgan fingerprint density at radius 3 is 2.59 bits per heavy atom. The monoisotopic (exact) mass is 369 g/mol. The summed E-state index contributed by atoms with van der Waals surface area (Å²) in [7, 11) is 0. The van der Waals surface area contributed by atoms with Gasteiger partial charge in [0.05, 0.1) is 5.56 Å². The summed E-state index contributed by atoms with van der Waals surface area (Å²) in [6.45, 7) is 2.98. The van der Waals surface area contributed by atoms with Gasteiger partial charge in [-0.05, 0) is 61.7 Å². The number of hydrogen-bond donors (Lipinski definition) is 3. The summed E-state index contributed by atoms with van der Waals surface area (Å²) in [4.78, 5) is 29.4. The van der Waals surface area contributed by atoms with Gasteiger partial charge in [-0.3, -0.25) is 14.7 Å². The molecule has 0 unspecified atom stereocenters. The fraction of sp³-hybridized carbons (Fsp3) is 0.350. The lowest BCUT2D eigenvalue weighted by Crippen LogP contribution is -2.34. The Kier molecular flexibility index (Phi) is 6.16. The fourth-order valence-corrected chi connectivity index (χ4v) is 3.18. The first-order valence-electron chi connectivity index (χ1n) is 8.98. The van der Waals surface area contributed by atoms with Crippen molar-refractivity contribution in [1.29, 1.82) is 0 Å². The van der Waals surface area contributed by atoms with Gasteiger partial charge in [-0.25, -0.2) is 4.79 Å². The minimum absolute atomic E-state index is 0.0403. The molecular weight excluding hydrogens is 346 g/mol. The number of nitrogens with one attached hydrogen (secondary N) is 1. The van der Waals surface area contributed by atoms with Crippen LogP contribution in [-0.4, -0.2) is 51.7 Å². The smallest absolute Gasteiger partial charge is 0.337 e. The number of anilines is 1. The number of pyridine rings is 1. The van der Waals surface area contributed by atoms with Gasteiger partial charge in [-0.15, -0.1) is 0 Å². The third kappa shape index (κ3) is 5.12. The summed E-state index contributed by atoms with van der Waals surface area (Å²) in [5, 5.41) is 20.9. The van der Waals surface area contributed by atoms with E-state index in [1.807, 2.05) is 24.3 Å². The third-order valence-corrected chi connectivity index (χ3v) is 4.80. The van der Waals surface area contributed by atoms with Crippen LogP contribution >= 0.6 is 0 Å². The van der Waals surface area contributed by atoms with Crippen LogP contribution in [0, 0.1) is 5.92 Å². The molecule has 1 aromatic carbocycles. The maximum Gasteiger partial charge on any atom is 0.337 e. The Labute approximate surface area is 157 Å². The average Bonchev–Trinajstić information content (AvgIpc) is 2.69. The Bertz CT molecular complexity index is 799. The summed E-state index contributed by atoms with van der Waals surface area (Å²) in [5.41, 5.74) is 1.98. The molecule has 7 heteroatoms. The van der Waals surface area contributed by atoms with E-state index < -0.39 is 5.97 Å². The molecule has 2 aromatic rings. The maximum atomic E-state index is 12.3. The number of nitrogens with zero attached hydrogens (tertiary/aromatic N) is 2. The zero-order chi connectivity index (χ0) is 19.2. The van der Waals surface area contributed by atoms with Gasteiger partial charge in [0.2, 0.25) is 0 Å². The first-order chi connectivity index (χ1) is 13.0. The van der Waals surface area contributed by atoms with Crippen LogP contribution in [-0.2, 0) is 6.54 Å². The number of carboxylic acids is 1. The van der Waals surface area contributed by atoms with Gasteiger partial charge in [-0.2, -0.15) is 0 Å². The molecule has 0 saturated carbocycles. The largest absolute Gasteiger partial charge is 0.478 e. The molecule has 1 fully saturated rings. The molecule has 7 nitrogen and oxygen atoms in total. The molecule has 0 spiro atoms. The molecular formula is C20H23N3O4. The molecule has 3 rings (SSSR count). The van der Waals surface area contributed by atoms with Crippen LogP contribution in [0.15, 0.2) is 42.6 Å². The number of carboxylic acid groups (broad SMARTS) is 1. The first-order valence-corrected chi connectivity index (χ1v) is 8.98. The maximum absolute atomic E-state index is 12.3. The van der Waals surface area contributed by atoms with Crippen molar-refractivity contribution in [3.63, 3.8) is 0 Å². The number of aliphatic hydroxyl groups is 1. The number of hydrogen-bond acceptors (Lipinski definition) is 5. The van der Waals surface area contributed by atoms with Crippen molar-refractivity contribution in [3.05, 3.63) is 59.4 Å². The van der Waals surface area contributed by atoms with E-state index in [0.29, 0.717) is 11.6 Å². The zero-order valence-electron chi connectivity index (χ0n) is 15.0. The molecule has 1 aliphatic heterocycles. The Hall–Kier alpha value is -2.77. The number of rotatable bonds is 6. The summed E-state index contributed by atoms with van der Waals surface area (Å²) >= 11 is 0. The third-order valence-electron chi connectivity index (χ3n) is 4.80. The second-order valence-electron chi connectivity index (χ2n) is 6.79. The molecule has 1 amide bonds. The van der Waals surface area contributed by atoms with Gasteiger partial charge in [0.15, 0.2) is 0 Å². The standard InChI is InChI=1S/C20H23N3O4/c24-13-14-6-8-23(9-7-14)12-15-2-1-3-17(10-15)22-19(25)18-5-4-16(11-21-18)20(26)27/h1-5,10-11,14,24H,6-9,12-13H2,(H,22,25)(H,26,27). The summed E-state index contributed by atoms with van der Waals surface area (Å²) < 4.78 is 0. The highest BCUT2D eigenvalue weighted by Crippen LogP contribution is 2.20. The lowest BCUT2D eigenvalue weighted by molar-refractivity contribution is 0.0695. The predicted octanol–water partition coefficient (Wildman–Crippen LogP) is 2.24. The number of aromatic nitrogens is 1. The van der Waals surface area contributed by atoms with E-state index in [9.17, 15) is 14.7 Å². The highest BCUT2D eigenvalue weighted by atomic mass is 16.4. The molecule has 1 saturated heterocycles. The van der Waals surface area contributed by atoms with E-state index in [2.05, 4.69) is 15.2 Å². The summed E-state index contributed by atoms with van der Waals surface area (Å²) in [6, 6.07) is 10.4. The number of amides is 1. The SMILES string of the molecule is O=C(O)c1ccc(C(=O)Nc2cccc(CN3CCC(CO)CC3)c2)nc1. The lowest BCUT2D eigenvalue weighted by atomic mass is 9.97.